The van der Waals surface area contributed by atoms with Crippen LogP contribution in [0.4, 0.5) is 0 Å². The molecule has 0 fully saturated rings. The van der Waals surface area contributed by atoms with Crippen molar-refractivity contribution in [1.82, 2.24) is 4.98 Å². The lowest BCUT2D eigenvalue weighted by molar-refractivity contribution is 0.285. The van der Waals surface area contributed by atoms with Gasteiger partial charge in [-0.3, -0.25) is 0 Å². The molecule has 0 unspecified atom stereocenters. The summed E-state index contributed by atoms with van der Waals surface area (Å²) in [6, 6.07) is 0. The second-order valence-corrected chi connectivity index (χ2v) is 6.35. The molecule has 0 saturated heterocycles. The van der Waals surface area contributed by atoms with E-state index in [0.29, 0.717) is 16.3 Å². The monoisotopic (exact) mass is 235 g/mol. The quantitative estimate of drug-likeness (QED) is 0.825. The van der Waals surface area contributed by atoms with Crippen molar-refractivity contribution in [1.29, 1.82) is 0 Å². The van der Waals surface area contributed by atoms with Crippen molar-refractivity contribution in [3.05, 3.63) is 16.1 Å². The fourth-order valence-corrected chi connectivity index (χ4v) is 3.63. The summed E-state index contributed by atoms with van der Waals surface area (Å²) in [4.78, 5) is 4.63. The fourth-order valence-electron chi connectivity index (χ4n) is 1.06. The number of sulfone groups is 1. The zero-order valence-corrected chi connectivity index (χ0v) is 9.57. The van der Waals surface area contributed by atoms with Gasteiger partial charge in [-0.05, 0) is 6.42 Å². The van der Waals surface area contributed by atoms with E-state index >= 15 is 0 Å². The van der Waals surface area contributed by atoms with Crippen molar-refractivity contribution < 1.29 is 13.5 Å². The highest BCUT2D eigenvalue weighted by Crippen LogP contribution is 2.15. The molecule has 0 aromatic carbocycles. The lowest BCUT2D eigenvalue weighted by Crippen LogP contribution is -2.08. The van der Waals surface area contributed by atoms with Gasteiger partial charge in [-0.25, -0.2) is 13.4 Å². The molecule has 0 radical (unpaired) electrons. The molecular formula is C8H13NO3S2. The molecule has 1 heterocycles. The maximum absolute atomic E-state index is 11.4. The summed E-state index contributed by atoms with van der Waals surface area (Å²) in [7, 11) is -3.01. The summed E-state index contributed by atoms with van der Waals surface area (Å²) >= 11 is 1.25. The maximum Gasteiger partial charge on any atom is 0.156 e. The predicted molar refractivity (Wildman–Crippen MR) is 55.8 cm³/mol. The summed E-state index contributed by atoms with van der Waals surface area (Å²) in [5.41, 5.74) is 0. The maximum atomic E-state index is 11.4. The first-order chi connectivity index (χ1) is 6.57. The van der Waals surface area contributed by atoms with Crippen molar-refractivity contribution >= 4 is 21.2 Å². The van der Waals surface area contributed by atoms with E-state index in [1.807, 2.05) is 6.92 Å². The van der Waals surface area contributed by atoms with Crippen molar-refractivity contribution in [3.8, 4) is 0 Å². The van der Waals surface area contributed by atoms with Crippen molar-refractivity contribution in [3.63, 3.8) is 0 Å². The zero-order chi connectivity index (χ0) is 10.6. The van der Waals surface area contributed by atoms with Crippen LogP contribution in [0.5, 0.6) is 0 Å². The molecule has 0 bridgehead atoms. The van der Waals surface area contributed by atoms with E-state index in [4.69, 9.17) is 5.11 Å². The van der Waals surface area contributed by atoms with Gasteiger partial charge >= 0.3 is 0 Å². The van der Waals surface area contributed by atoms with Gasteiger partial charge in [0.2, 0.25) is 0 Å². The minimum absolute atomic E-state index is 0.00843. The normalized spacial score (nSPS) is 11.9. The predicted octanol–water partition coefficient (Wildman–Crippen LogP) is 0.960. The number of nitrogens with zero attached hydrogens (tertiary/aromatic N) is 1. The van der Waals surface area contributed by atoms with E-state index in [1.54, 1.807) is 0 Å². The molecule has 0 aliphatic carbocycles. The van der Waals surface area contributed by atoms with Gasteiger partial charge in [0.15, 0.2) is 9.84 Å². The molecule has 1 rings (SSSR count). The first kappa shape index (κ1) is 11.6. The fraction of sp³-hybridized carbons (Fsp3) is 0.625. The highest BCUT2D eigenvalue weighted by molar-refractivity contribution is 7.90. The Kier molecular flexibility index (Phi) is 4.03. The molecule has 0 aliphatic rings. The number of aliphatic hydroxyl groups excluding tert-OH is 1. The number of aromatic nitrogens is 1. The van der Waals surface area contributed by atoms with Crippen LogP contribution in [-0.2, 0) is 22.2 Å². The first-order valence-electron chi connectivity index (χ1n) is 4.32. The molecule has 4 nitrogen and oxygen atoms in total. The van der Waals surface area contributed by atoms with E-state index in [0.717, 1.165) is 0 Å². The van der Waals surface area contributed by atoms with Gasteiger partial charge in [0.05, 0.1) is 17.2 Å². The third kappa shape index (κ3) is 3.36. The molecule has 1 N–H and O–H groups in total. The Morgan fingerprint density at radius 3 is 2.79 bits per heavy atom. The topological polar surface area (TPSA) is 67.3 Å². The Morgan fingerprint density at radius 2 is 2.29 bits per heavy atom. The van der Waals surface area contributed by atoms with Gasteiger partial charge in [-0.2, -0.15) is 0 Å². The minimum atomic E-state index is -3.01. The van der Waals surface area contributed by atoms with Crippen LogP contribution >= 0.6 is 11.3 Å². The third-order valence-electron chi connectivity index (χ3n) is 1.62. The van der Waals surface area contributed by atoms with Crippen LogP contribution in [0, 0.1) is 0 Å². The summed E-state index contributed by atoms with van der Waals surface area (Å²) in [6.07, 6.45) is 2.14. The van der Waals surface area contributed by atoms with E-state index in [-0.39, 0.29) is 18.1 Å². The average molecular weight is 235 g/mol. The van der Waals surface area contributed by atoms with Crippen LogP contribution in [0.3, 0.4) is 0 Å². The molecule has 14 heavy (non-hydrogen) atoms. The Balaban J connectivity index is 2.69. The molecule has 80 valence electrons. The molecule has 0 aliphatic heterocycles. The Morgan fingerprint density at radius 1 is 1.57 bits per heavy atom. The number of hydrogen-bond donors (Lipinski definition) is 1. The summed E-state index contributed by atoms with van der Waals surface area (Å²) in [5, 5.41) is 9.33. The van der Waals surface area contributed by atoms with Crippen molar-refractivity contribution in [2.24, 2.45) is 0 Å². The van der Waals surface area contributed by atoms with Gasteiger partial charge in [0, 0.05) is 6.20 Å². The number of rotatable bonds is 5. The van der Waals surface area contributed by atoms with E-state index < -0.39 is 9.84 Å². The van der Waals surface area contributed by atoms with Gasteiger partial charge in [0.25, 0.3) is 0 Å². The number of aliphatic hydroxyl groups is 1. The third-order valence-corrected chi connectivity index (χ3v) is 4.52. The van der Waals surface area contributed by atoms with E-state index in [9.17, 15) is 8.42 Å². The van der Waals surface area contributed by atoms with Crippen LogP contribution in [0.1, 0.15) is 23.2 Å². The highest BCUT2D eigenvalue weighted by atomic mass is 32.2. The SMILES string of the molecule is CCCS(=O)(=O)Cc1ncc(CO)s1. The Hall–Kier alpha value is -0.460. The Labute approximate surface area is 87.5 Å². The highest BCUT2D eigenvalue weighted by Gasteiger charge is 2.13. The first-order valence-corrected chi connectivity index (χ1v) is 6.96. The molecule has 0 spiro atoms. The van der Waals surface area contributed by atoms with Gasteiger partial charge in [-0.1, -0.05) is 6.92 Å². The summed E-state index contributed by atoms with van der Waals surface area (Å²) < 4.78 is 22.8. The standard InChI is InChI=1S/C8H13NO3S2/c1-2-3-14(11,12)6-8-9-4-7(5-10)13-8/h4,10H,2-3,5-6H2,1H3. The lowest BCUT2D eigenvalue weighted by atomic mass is 10.6. The van der Waals surface area contributed by atoms with Crippen molar-refractivity contribution in [2.75, 3.05) is 5.75 Å². The van der Waals surface area contributed by atoms with Crippen molar-refractivity contribution in [2.45, 2.75) is 25.7 Å². The lowest BCUT2D eigenvalue weighted by Gasteiger charge is -1.98. The largest absolute Gasteiger partial charge is 0.391 e. The van der Waals surface area contributed by atoms with E-state index in [2.05, 4.69) is 4.98 Å². The second-order valence-electron chi connectivity index (χ2n) is 2.97. The average Bonchev–Trinajstić information content (AvgIpc) is 2.51. The molecule has 0 amide bonds. The van der Waals surface area contributed by atoms with Crippen LogP contribution in [-0.4, -0.2) is 24.3 Å². The van der Waals surface area contributed by atoms with Crippen LogP contribution in [0.15, 0.2) is 6.20 Å². The van der Waals surface area contributed by atoms with Gasteiger partial charge in [-0.15, -0.1) is 11.3 Å². The van der Waals surface area contributed by atoms with E-state index in [1.165, 1.54) is 17.5 Å². The van der Waals surface area contributed by atoms with Gasteiger partial charge in [0.1, 0.15) is 10.8 Å². The minimum Gasteiger partial charge on any atom is -0.391 e. The second kappa shape index (κ2) is 4.86. The number of hydrogen-bond acceptors (Lipinski definition) is 5. The van der Waals surface area contributed by atoms with Crippen LogP contribution in [0.2, 0.25) is 0 Å². The van der Waals surface area contributed by atoms with Gasteiger partial charge < -0.3 is 5.11 Å². The van der Waals surface area contributed by atoms with Crippen LogP contribution in [0.25, 0.3) is 0 Å². The smallest absolute Gasteiger partial charge is 0.156 e. The zero-order valence-electron chi connectivity index (χ0n) is 7.93. The summed E-state index contributed by atoms with van der Waals surface area (Å²) in [6.45, 7) is 1.75. The molecule has 1 aromatic heterocycles. The summed E-state index contributed by atoms with van der Waals surface area (Å²) in [5.74, 6) is 0.187. The number of thiazole rings is 1. The Bertz CT molecular complexity index is 383. The van der Waals surface area contributed by atoms with Crippen LogP contribution < -0.4 is 0 Å². The molecule has 1 aromatic rings. The molecule has 0 atom stereocenters. The molecule has 6 heteroatoms. The molecule has 0 saturated carbocycles. The molecular weight excluding hydrogens is 222 g/mol.